The molecule has 2 rings (SSSR count). The van der Waals surface area contributed by atoms with Gasteiger partial charge in [-0.3, -0.25) is 0 Å². The van der Waals surface area contributed by atoms with Crippen LogP contribution in [0.15, 0.2) is 34.9 Å². The molecule has 1 aromatic heterocycles. The monoisotopic (exact) mass is 316 g/mol. The minimum absolute atomic E-state index is 0.0769. The van der Waals surface area contributed by atoms with Gasteiger partial charge in [0, 0.05) is 10.6 Å². The van der Waals surface area contributed by atoms with Crippen LogP contribution in [0.1, 0.15) is 21.7 Å². The molecule has 1 heterocycles. The molecule has 0 N–H and O–H groups in total. The van der Waals surface area contributed by atoms with Crippen LogP contribution < -0.4 is 0 Å². The fraction of sp³-hybridized carbons (Fsp3) is 0.231. The normalized spacial score (nSPS) is 12.7. The number of aryl methyl sites for hydroxylation is 1. The summed E-state index contributed by atoms with van der Waals surface area (Å²) in [5.74, 6) is 0.524. The van der Waals surface area contributed by atoms with E-state index in [9.17, 15) is 4.39 Å². The maximum Gasteiger partial charge on any atom is 0.127 e. The Bertz CT molecular complexity index is 504. The molecule has 0 fully saturated rings. The van der Waals surface area contributed by atoms with Gasteiger partial charge in [-0.1, -0.05) is 33.6 Å². The number of furan rings is 1. The van der Waals surface area contributed by atoms with Crippen molar-refractivity contribution >= 4 is 27.5 Å². The summed E-state index contributed by atoms with van der Waals surface area (Å²) in [5, 5.41) is 0.443. The Balaban J connectivity index is 2.25. The lowest BCUT2D eigenvalue weighted by Gasteiger charge is -2.10. The van der Waals surface area contributed by atoms with Gasteiger partial charge in [-0.2, -0.15) is 0 Å². The Kier molecular flexibility index (Phi) is 3.89. The zero-order chi connectivity index (χ0) is 12.4. The molecule has 0 bridgehead atoms. The summed E-state index contributed by atoms with van der Waals surface area (Å²) in [5.41, 5.74) is 1.55. The molecule has 0 radical (unpaired) electrons. The van der Waals surface area contributed by atoms with Gasteiger partial charge < -0.3 is 4.42 Å². The molecule has 90 valence electrons. The summed E-state index contributed by atoms with van der Waals surface area (Å²) in [4.78, 5) is -0.0769. The summed E-state index contributed by atoms with van der Waals surface area (Å²) >= 11 is 9.49. The van der Waals surface area contributed by atoms with Gasteiger partial charge in [0.15, 0.2) is 0 Å². The first-order valence-electron chi connectivity index (χ1n) is 5.20. The maximum atomic E-state index is 13.6. The summed E-state index contributed by atoms with van der Waals surface area (Å²) in [6.07, 6.45) is 2.09. The number of alkyl halides is 1. The van der Waals surface area contributed by atoms with Gasteiger partial charge in [0.2, 0.25) is 0 Å². The van der Waals surface area contributed by atoms with Gasteiger partial charge in [0.1, 0.15) is 11.6 Å². The molecule has 1 atom stereocenters. The van der Waals surface area contributed by atoms with Crippen LogP contribution in [0.5, 0.6) is 0 Å². The molecule has 0 aliphatic heterocycles. The number of rotatable bonds is 3. The highest BCUT2D eigenvalue weighted by molar-refractivity contribution is 9.09. The number of hydrogen-bond donors (Lipinski definition) is 0. The van der Waals surface area contributed by atoms with Gasteiger partial charge in [-0.25, -0.2) is 4.39 Å². The molecule has 1 unspecified atom stereocenters. The topological polar surface area (TPSA) is 13.1 Å². The van der Waals surface area contributed by atoms with E-state index in [4.69, 9.17) is 16.0 Å². The maximum absolute atomic E-state index is 13.6. The fourth-order valence-corrected chi connectivity index (χ4v) is 2.74. The average Bonchev–Trinajstić information content (AvgIpc) is 2.70. The van der Waals surface area contributed by atoms with E-state index in [0.717, 1.165) is 11.3 Å². The van der Waals surface area contributed by atoms with Crippen LogP contribution >= 0.6 is 27.5 Å². The Morgan fingerprint density at radius 3 is 2.76 bits per heavy atom. The molecule has 0 spiro atoms. The van der Waals surface area contributed by atoms with Crippen molar-refractivity contribution in [2.45, 2.75) is 18.2 Å². The molecular formula is C13H11BrClFO. The van der Waals surface area contributed by atoms with E-state index in [-0.39, 0.29) is 10.6 Å². The molecule has 1 nitrogen and oxygen atoms in total. The molecular weight excluding hydrogens is 306 g/mol. The summed E-state index contributed by atoms with van der Waals surface area (Å²) in [6.45, 7) is 1.95. The zero-order valence-corrected chi connectivity index (χ0v) is 11.6. The first kappa shape index (κ1) is 12.7. The van der Waals surface area contributed by atoms with Crippen molar-refractivity contribution in [3.8, 4) is 0 Å². The molecule has 0 aliphatic carbocycles. The van der Waals surface area contributed by atoms with Gasteiger partial charge in [-0.15, -0.1) is 0 Å². The van der Waals surface area contributed by atoms with Crippen molar-refractivity contribution in [2.75, 3.05) is 0 Å². The third-order valence-corrected chi connectivity index (χ3v) is 3.72. The van der Waals surface area contributed by atoms with Crippen molar-refractivity contribution in [2.24, 2.45) is 0 Å². The quantitative estimate of drug-likeness (QED) is 0.721. The van der Waals surface area contributed by atoms with E-state index >= 15 is 0 Å². The molecule has 0 saturated carbocycles. The average molecular weight is 318 g/mol. The third kappa shape index (κ3) is 2.72. The van der Waals surface area contributed by atoms with Crippen LogP contribution in [0.25, 0.3) is 0 Å². The Labute approximate surface area is 113 Å². The van der Waals surface area contributed by atoms with Gasteiger partial charge >= 0.3 is 0 Å². The predicted molar refractivity (Wildman–Crippen MR) is 70.2 cm³/mol. The predicted octanol–water partition coefficient (Wildman–Crippen LogP) is 5.06. The minimum atomic E-state index is -0.286. The lowest BCUT2D eigenvalue weighted by atomic mass is 10.1. The number of halogens is 3. The largest absolute Gasteiger partial charge is 0.468 e. The fourth-order valence-electron chi connectivity index (χ4n) is 1.70. The summed E-state index contributed by atoms with van der Waals surface area (Å²) in [7, 11) is 0. The number of benzene rings is 1. The van der Waals surface area contributed by atoms with Crippen molar-refractivity contribution < 1.29 is 8.81 Å². The first-order chi connectivity index (χ1) is 8.09. The molecule has 2 aromatic rings. The van der Waals surface area contributed by atoms with Crippen molar-refractivity contribution in [3.05, 3.63) is 58.3 Å². The second-order valence-electron chi connectivity index (χ2n) is 3.84. The van der Waals surface area contributed by atoms with Gasteiger partial charge in [0.25, 0.3) is 0 Å². The standard InChI is InChI=1S/C13H11BrClFO/c1-8-5-6-17-13(8)10(14)7-9-11(15)3-2-4-12(9)16/h2-6,10H,7H2,1H3. The first-order valence-corrected chi connectivity index (χ1v) is 6.50. The number of hydrogen-bond acceptors (Lipinski definition) is 1. The van der Waals surface area contributed by atoms with E-state index in [2.05, 4.69) is 15.9 Å². The van der Waals surface area contributed by atoms with Crippen molar-refractivity contribution in [1.29, 1.82) is 0 Å². The smallest absolute Gasteiger partial charge is 0.127 e. The molecule has 4 heteroatoms. The van der Waals surface area contributed by atoms with Crippen molar-refractivity contribution in [3.63, 3.8) is 0 Å². The Morgan fingerprint density at radius 2 is 2.18 bits per heavy atom. The highest BCUT2D eigenvalue weighted by Gasteiger charge is 2.18. The van der Waals surface area contributed by atoms with Crippen molar-refractivity contribution in [1.82, 2.24) is 0 Å². The Morgan fingerprint density at radius 1 is 1.41 bits per heavy atom. The van der Waals surface area contributed by atoms with Crippen LogP contribution in [-0.2, 0) is 6.42 Å². The lowest BCUT2D eigenvalue weighted by Crippen LogP contribution is -1.99. The highest BCUT2D eigenvalue weighted by Crippen LogP contribution is 2.33. The lowest BCUT2D eigenvalue weighted by molar-refractivity contribution is 0.501. The van der Waals surface area contributed by atoms with Crippen LogP contribution in [0.4, 0.5) is 4.39 Å². The van der Waals surface area contributed by atoms with E-state index in [1.807, 2.05) is 13.0 Å². The molecule has 0 saturated heterocycles. The molecule has 0 aliphatic rings. The van der Waals surface area contributed by atoms with Crippen LogP contribution in [0.3, 0.4) is 0 Å². The zero-order valence-electron chi connectivity index (χ0n) is 9.21. The second kappa shape index (κ2) is 5.23. The van der Waals surface area contributed by atoms with E-state index in [1.165, 1.54) is 6.07 Å². The molecule has 1 aromatic carbocycles. The minimum Gasteiger partial charge on any atom is -0.468 e. The summed E-state index contributed by atoms with van der Waals surface area (Å²) in [6, 6.07) is 6.58. The van der Waals surface area contributed by atoms with Crippen LogP contribution in [-0.4, -0.2) is 0 Å². The van der Waals surface area contributed by atoms with Gasteiger partial charge in [0.05, 0.1) is 11.1 Å². The van der Waals surface area contributed by atoms with Crippen LogP contribution in [0.2, 0.25) is 5.02 Å². The SMILES string of the molecule is Cc1ccoc1C(Br)Cc1c(F)cccc1Cl. The highest BCUT2D eigenvalue weighted by atomic mass is 79.9. The van der Waals surface area contributed by atoms with E-state index in [0.29, 0.717) is 17.0 Å². The second-order valence-corrected chi connectivity index (χ2v) is 5.35. The molecule has 0 amide bonds. The van der Waals surface area contributed by atoms with Crippen LogP contribution in [0, 0.1) is 12.7 Å². The Hall–Kier alpha value is -0.800. The van der Waals surface area contributed by atoms with E-state index in [1.54, 1.807) is 18.4 Å². The molecule has 17 heavy (non-hydrogen) atoms. The van der Waals surface area contributed by atoms with E-state index < -0.39 is 0 Å². The third-order valence-electron chi connectivity index (χ3n) is 2.63. The van der Waals surface area contributed by atoms with Gasteiger partial charge in [-0.05, 0) is 37.1 Å². The summed E-state index contributed by atoms with van der Waals surface area (Å²) < 4.78 is 19.0.